The number of benzene rings is 4. The molecule has 4 aromatic rings. The second-order valence-electron chi connectivity index (χ2n) is 12.8. The zero-order valence-electron chi connectivity index (χ0n) is 26.1. The van der Waals surface area contributed by atoms with Crippen molar-refractivity contribution in [1.29, 1.82) is 0 Å². The van der Waals surface area contributed by atoms with E-state index in [2.05, 4.69) is 63.2 Å². The number of ether oxygens (including phenoxy) is 2. The molecule has 1 aliphatic carbocycles. The molecule has 1 saturated carbocycles. The van der Waals surface area contributed by atoms with Gasteiger partial charge in [0, 0.05) is 5.92 Å². The van der Waals surface area contributed by atoms with Gasteiger partial charge in [-0.2, -0.15) is 5.10 Å². The first kappa shape index (κ1) is 29.7. The molecule has 0 radical (unpaired) electrons. The van der Waals surface area contributed by atoms with Gasteiger partial charge in [0.05, 0.1) is 24.4 Å². The van der Waals surface area contributed by atoms with Crippen molar-refractivity contribution < 1.29 is 14.3 Å². The van der Waals surface area contributed by atoms with Gasteiger partial charge in [-0.05, 0) is 77.3 Å². The molecule has 5 nitrogen and oxygen atoms in total. The summed E-state index contributed by atoms with van der Waals surface area (Å²) in [5.41, 5.74) is 4.80. The van der Waals surface area contributed by atoms with Gasteiger partial charge < -0.3 is 9.47 Å². The third kappa shape index (κ3) is 5.88. The van der Waals surface area contributed by atoms with Gasteiger partial charge in [-0.25, -0.2) is 9.80 Å². The summed E-state index contributed by atoms with van der Waals surface area (Å²) in [5, 5.41) is 7.05. The highest BCUT2D eigenvalue weighted by Crippen LogP contribution is 2.45. The first-order chi connectivity index (χ1) is 21.4. The van der Waals surface area contributed by atoms with E-state index in [1.807, 2.05) is 77.8 Å². The Bertz CT molecular complexity index is 1570. The number of nitrogens with zero attached hydrogens (tertiary/aromatic N) is 2. The highest BCUT2D eigenvalue weighted by Gasteiger charge is 2.48. The highest BCUT2D eigenvalue weighted by molar-refractivity contribution is 6.11. The molecule has 6 rings (SSSR count). The van der Waals surface area contributed by atoms with Gasteiger partial charge in [-0.1, -0.05) is 106 Å². The summed E-state index contributed by atoms with van der Waals surface area (Å²) in [7, 11) is 1.66. The largest absolute Gasteiger partial charge is 0.497 e. The maximum absolute atomic E-state index is 14.7. The molecule has 44 heavy (non-hydrogen) atoms. The highest BCUT2D eigenvalue weighted by atomic mass is 16.5. The number of hydrogen-bond acceptors (Lipinski definition) is 5. The Morgan fingerprint density at radius 3 is 2.07 bits per heavy atom. The molecular formula is C39H42N2O3. The first-order valence-electron chi connectivity index (χ1n) is 15.7. The van der Waals surface area contributed by atoms with E-state index >= 15 is 0 Å². The summed E-state index contributed by atoms with van der Waals surface area (Å²) >= 11 is 0. The molecule has 0 unspecified atom stereocenters. The number of rotatable bonds is 8. The van der Waals surface area contributed by atoms with Crippen molar-refractivity contribution in [2.75, 3.05) is 12.1 Å². The van der Waals surface area contributed by atoms with Crippen LogP contribution in [-0.4, -0.2) is 30.9 Å². The molecule has 4 aromatic carbocycles. The van der Waals surface area contributed by atoms with Crippen LogP contribution in [0.3, 0.4) is 0 Å². The lowest BCUT2D eigenvalue weighted by molar-refractivity contribution is -0.158. The van der Waals surface area contributed by atoms with Crippen molar-refractivity contribution in [3.8, 4) is 5.75 Å². The standard InChI is InChI=1S/C39H42N2O3/c1-27-20-25-33(39(2,3)30-16-10-6-11-17-30)34(26-27)44-38(42)37-35(28-14-8-5-9-15-28)36(29-21-23-32(43-4)24-22-29)40-41(37)31-18-12-7-13-19-31/h5-19,21-24,27,33-35,37H,20,25-26H2,1-4H3/t27-,33-,34-,35+,37+/m1/s1. The smallest absolute Gasteiger partial charge is 0.332 e. The molecule has 5 atom stereocenters. The van der Waals surface area contributed by atoms with Crippen molar-refractivity contribution in [1.82, 2.24) is 0 Å². The zero-order chi connectivity index (χ0) is 30.7. The Morgan fingerprint density at radius 2 is 1.43 bits per heavy atom. The van der Waals surface area contributed by atoms with E-state index in [4.69, 9.17) is 14.6 Å². The van der Waals surface area contributed by atoms with E-state index in [-0.39, 0.29) is 29.3 Å². The third-order valence-corrected chi connectivity index (χ3v) is 9.66. The molecular weight excluding hydrogens is 544 g/mol. The van der Waals surface area contributed by atoms with Crippen LogP contribution in [0.25, 0.3) is 0 Å². The van der Waals surface area contributed by atoms with E-state index < -0.39 is 6.04 Å². The van der Waals surface area contributed by atoms with Crippen molar-refractivity contribution in [3.05, 3.63) is 132 Å². The van der Waals surface area contributed by atoms with Crippen LogP contribution in [0.4, 0.5) is 5.69 Å². The molecule has 0 amide bonds. The lowest BCUT2D eigenvalue weighted by atomic mass is 9.64. The normalized spacial score (nSPS) is 23.6. The van der Waals surface area contributed by atoms with Crippen molar-refractivity contribution in [3.63, 3.8) is 0 Å². The Hall–Kier alpha value is -4.38. The predicted octanol–water partition coefficient (Wildman–Crippen LogP) is 8.40. The third-order valence-electron chi connectivity index (χ3n) is 9.66. The number of hydrogen-bond donors (Lipinski definition) is 0. The minimum Gasteiger partial charge on any atom is -0.497 e. The van der Waals surface area contributed by atoms with Crippen LogP contribution in [0.15, 0.2) is 120 Å². The van der Waals surface area contributed by atoms with Gasteiger partial charge in [0.25, 0.3) is 0 Å². The van der Waals surface area contributed by atoms with Gasteiger partial charge in [0.15, 0.2) is 6.04 Å². The van der Waals surface area contributed by atoms with Crippen LogP contribution in [0.2, 0.25) is 0 Å². The number of hydrazone groups is 1. The maximum Gasteiger partial charge on any atom is 0.332 e. The quantitative estimate of drug-likeness (QED) is 0.195. The molecule has 226 valence electrons. The van der Waals surface area contributed by atoms with Crippen LogP contribution in [0.1, 0.15) is 62.6 Å². The van der Waals surface area contributed by atoms with Crippen LogP contribution in [0, 0.1) is 11.8 Å². The van der Waals surface area contributed by atoms with Crippen LogP contribution in [0.5, 0.6) is 5.75 Å². The van der Waals surface area contributed by atoms with Gasteiger partial charge in [-0.3, -0.25) is 0 Å². The van der Waals surface area contributed by atoms with Crippen LogP contribution >= 0.6 is 0 Å². The lowest BCUT2D eigenvalue weighted by Gasteiger charge is -2.44. The number of para-hydroxylation sites is 1. The minimum atomic E-state index is -0.658. The monoisotopic (exact) mass is 586 g/mol. The average Bonchev–Trinajstić information content (AvgIpc) is 3.47. The molecule has 0 spiro atoms. The molecule has 5 heteroatoms. The summed E-state index contributed by atoms with van der Waals surface area (Å²) in [4.78, 5) is 14.7. The second kappa shape index (κ2) is 12.7. The van der Waals surface area contributed by atoms with E-state index in [1.165, 1.54) is 5.56 Å². The summed E-state index contributed by atoms with van der Waals surface area (Å²) in [6.45, 7) is 6.87. The fourth-order valence-electron chi connectivity index (χ4n) is 7.15. The molecule has 2 aliphatic rings. The Morgan fingerprint density at radius 1 is 0.818 bits per heavy atom. The summed E-state index contributed by atoms with van der Waals surface area (Å²) in [6, 6.07) is 38.1. The number of esters is 1. The minimum absolute atomic E-state index is 0.148. The molecule has 1 aliphatic heterocycles. The first-order valence-corrected chi connectivity index (χ1v) is 15.7. The van der Waals surface area contributed by atoms with Crippen LogP contribution < -0.4 is 9.75 Å². The number of carbonyl (C=O) groups is 1. The topological polar surface area (TPSA) is 51.1 Å². The van der Waals surface area contributed by atoms with E-state index in [0.717, 1.165) is 47.5 Å². The van der Waals surface area contributed by atoms with Gasteiger partial charge >= 0.3 is 5.97 Å². The Kier molecular flexibility index (Phi) is 8.56. The van der Waals surface area contributed by atoms with E-state index in [9.17, 15) is 4.79 Å². The molecule has 0 N–H and O–H groups in total. The summed E-state index contributed by atoms with van der Waals surface area (Å²) < 4.78 is 12.1. The molecule has 0 saturated heterocycles. The van der Waals surface area contributed by atoms with Crippen molar-refractivity contribution in [2.45, 2.75) is 63.5 Å². The van der Waals surface area contributed by atoms with Crippen LogP contribution in [-0.2, 0) is 14.9 Å². The average molecular weight is 587 g/mol. The Labute approximate surface area is 261 Å². The van der Waals surface area contributed by atoms with E-state index in [1.54, 1.807) is 7.11 Å². The predicted molar refractivity (Wildman–Crippen MR) is 177 cm³/mol. The summed E-state index contributed by atoms with van der Waals surface area (Å²) in [5.74, 6) is 0.911. The number of carbonyl (C=O) groups excluding carboxylic acids is 1. The molecule has 1 heterocycles. The number of methoxy groups -OCH3 is 1. The van der Waals surface area contributed by atoms with Crippen molar-refractivity contribution >= 4 is 17.4 Å². The second-order valence-corrected chi connectivity index (χ2v) is 12.8. The fraction of sp³-hybridized carbons (Fsp3) is 0.333. The SMILES string of the molecule is COc1ccc(C2=NN(c3ccccc3)[C@H](C(=O)O[C@@H]3C[C@H](C)CC[C@H]3C(C)(C)c3ccccc3)[C@H]2c2ccccc2)cc1. The summed E-state index contributed by atoms with van der Waals surface area (Å²) in [6.07, 6.45) is 2.81. The van der Waals surface area contributed by atoms with E-state index in [0.29, 0.717) is 5.92 Å². The van der Waals surface area contributed by atoms with Gasteiger partial charge in [-0.15, -0.1) is 0 Å². The van der Waals surface area contributed by atoms with Crippen molar-refractivity contribution in [2.24, 2.45) is 16.9 Å². The molecule has 0 bridgehead atoms. The maximum atomic E-state index is 14.7. The molecule has 1 fully saturated rings. The Balaban J connectivity index is 1.40. The zero-order valence-corrected chi connectivity index (χ0v) is 26.1. The van der Waals surface area contributed by atoms with Gasteiger partial charge in [0.2, 0.25) is 0 Å². The molecule has 0 aromatic heterocycles. The van der Waals surface area contributed by atoms with Gasteiger partial charge in [0.1, 0.15) is 11.9 Å². The lowest BCUT2D eigenvalue weighted by Crippen LogP contribution is -2.47. The number of anilines is 1. The fourth-order valence-corrected chi connectivity index (χ4v) is 7.15.